The van der Waals surface area contributed by atoms with Gasteiger partial charge < -0.3 is 10.2 Å². The number of piperidine rings is 1. The quantitative estimate of drug-likeness (QED) is 0.782. The number of hydrogen-bond donors (Lipinski definition) is 1. The van der Waals surface area contributed by atoms with Crippen LogP contribution in [0.15, 0.2) is 0 Å². The number of carbonyl (C=O) groups excluding carboxylic acids is 2. The fourth-order valence-electron chi connectivity index (χ4n) is 2.06. The molecule has 0 bridgehead atoms. The summed E-state index contributed by atoms with van der Waals surface area (Å²) < 4.78 is 0. The lowest BCUT2D eigenvalue weighted by molar-refractivity contribution is -0.138. The molecule has 1 heterocycles. The van der Waals surface area contributed by atoms with Crippen LogP contribution in [0.3, 0.4) is 0 Å². The Balaban J connectivity index is 2.47. The molecule has 1 saturated heterocycles. The molecule has 4 heteroatoms. The van der Waals surface area contributed by atoms with Crippen LogP contribution in [0, 0.1) is 5.92 Å². The second-order valence-electron chi connectivity index (χ2n) is 4.63. The van der Waals surface area contributed by atoms with E-state index in [9.17, 15) is 9.59 Å². The maximum absolute atomic E-state index is 12.1. The van der Waals surface area contributed by atoms with Gasteiger partial charge in [-0.3, -0.25) is 9.59 Å². The van der Waals surface area contributed by atoms with Gasteiger partial charge in [-0.2, -0.15) is 0 Å². The minimum absolute atomic E-state index is 0.0259. The molecule has 16 heavy (non-hydrogen) atoms. The topological polar surface area (TPSA) is 49.4 Å². The van der Waals surface area contributed by atoms with Gasteiger partial charge in [0.1, 0.15) is 0 Å². The molecule has 1 aliphatic rings. The van der Waals surface area contributed by atoms with Crippen molar-refractivity contribution in [1.29, 1.82) is 0 Å². The van der Waals surface area contributed by atoms with Crippen molar-refractivity contribution in [3.05, 3.63) is 0 Å². The summed E-state index contributed by atoms with van der Waals surface area (Å²) in [6.45, 7) is 4.69. The third-order valence-electron chi connectivity index (χ3n) is 3.33. The standard InChI is InChI=1S/C12H22N2O2/c1-4-5-9(2)14(3)12(16)10-6-7-11(15)13-8-10/h9-10H,4-8H2,1-3H3,(H,13,15). The van der Waals surface area contributed by atoms with Crippen LogP contribution in [0.1, 0.15) is 39.5 Å². The molecule has 2 unspecified atom stereocenters. The summed E-state index contributed by atoms with van der Waals surface area (Å²) in [6, 6.07) is 0.287. The monoisotopic (exact) mass is 226 g/mol. The molecular weight excluding hydrogens is 204 g/mol. The van der Waals surface area contributed by atoms with Gasteiger partial charge in [0.2, 0.25) is 11.8 Å². The van der Waals surface area contributed by atoms with E-state index in [1.54, 1.807) is 0 Å². The van der Waals surface area contributed by atoms with E-state index in [-0.39, 0.29) is 23.8 Å². The first kappa shape index (κ1) is 13.0. The van der Waals surface area contributed by atoms with Gasteiger partial charge in [-0.25, -0.2) is 0 Å². The number of nitrogens with zero attached hydrogens (tertiary/aromatic N) is 1. The Morgan fingerprint density at radius 2 is 2.31 bits per heavy atom. The fraction of sp³-hybridized carbons (Fsp3) is 0.833. The van der Waals surface area contributed by atoms with E-state index in [0.717, 1.165) is 12.8 Å². The molecule has 0 radical (unpaired) electrons. The third kappa shape index (κ3) is 3.22. The van der Waals surface area contributed by atoms with Crippen molar-refractivity contribution in [3.63, 3.8) is 0 Å². The Morgan fingerprint density at radius 3 is 2.81 bits per heavy atom. The van der Waals surface area contributed by atoms with Crippen molar-refractivity contribution in [1.82, 2.24) is 10.2 Å². The highest BCUT2D eigenvalue weighted by molar-refractivity contribution is 5.83. The minimum Gasteiger partial charge on any atom is -0.355 e. The van der Waals surface area contributed by atoms with Crippen LogP contribution in [0.5, 0.6) is 0 Å². The van der Waals surface area contributed by atoms with E-state index in [1.807, 2.05) is 11.9 Å². The summed E-state index contributed by atoms with van der Waals surface area (Å²) in [5.74, 6) is 0.205. The predicted octanol–water partition coefficient (Wildman–Crippen LogP) is 1.16. The number of carbonyl (C=O) groups is 2. The molecule has 0 aromatic heterocycles. The minimum atomic E-state index is -0.0259. The number of hydrogen-bond acceptors (Lipinski definition) is 2. The molecule has 2 amide bonds. The molecule has 1 fully saturated rings. The van der Waals surface area contributed by atoms with Crippen LogP contribution in [0.4, 0.5) is 0 Å². The summed E-state index contributed by atoms with van der Waals surface area (Å²) in [5, 5.41) is 2.75. The van der Waals surface area contributed by atoms with Crippen molar-refractivity contribution in [3.8, 4) is 0 Å². The normalized spacial score (nSPS) is 22.4. The zero-order chi connectivity index (χ0) is 12.1. The maximum atomic E-state index is 12.1. The van der Waals surface area contributed by atoms with Gasteiger partial charge in [-0.1, -0.05) is 13.3 Å². The van der Waals surface area contributed by atoms with E-state index in [4.69, 9.17) is 0 Å². The first-order chi connectivity index (χ1) is 7.56. The van der Waals surface area contributed by atoms with E-state index in [2.05, 4.69) is 19.2 Å². The summed E-state index contributed by atoms with van der Waals surface area (Å²) in [5.41, 5.74) is 0. The predicted molar refractivity (Wildman–Crippen MR) is 62.9 cm³/mol. The van der Waals surface area contributed by atoms with Crippen LogP contribution in [0.2, 0.25) is 0 Å². The van der Waals surface area contributed by atoms with E-state index < -0.39 is 0 Å². The Kier molecular flexibility index (Phi) is 4.77. The van der Waals surface area contributed by atoms with Crippen molar-refractivity contribution < 1.29 is 9.59 Å². The number of amides is 2. The number of rotatable bonds is 4. The first-order valence-electron chi connectivity index (χ1n) is 6.09. The molecule has 0 spiro atoms. The zero-order valence-electron chi connectivity index (χ0n) is 10.5. The highest BCUT2D eigenvalue weighted by Gasteiger charge is 2.28. The van der Waals surface area contributed by atoms with Gasteiger partial charge in [0.15, 0.2) is 0 Å². The van der Waals surface area contributed by atoms with Gasteiger partial charge in [-0.15, -0.1) is 0 Å². The highest BCUT2D eigenvalue weighted by Crippen LogP contribution is 2.16. The Hall–Kier alpha value is -1.06. The second kappa shape index (κ2) is 5.87. The molecule has 4 nitrogen and oxygen atoms in total. The molecule has 1 rings (SSSR count). The Labute approximate surface area is 97.4 Å². The van der Waals surface area contributed by atoms with E-state index in [1.165, 1.54) is 0 Å². The molecule has 1 N–H and O–H groups in total. The Bertz CT molecular complexity index is 256. The van der Waals surface area contributed by atoms with Crippen molar-refractivity contribution in [2.75, 3.05) is 13.6 Å². The van der Waals surface area contributed by atoms with Crippen LogP contribution in [-0.2, 0) is 9.59 Å². The SMILES string of the molecule is CCCC(C)N(C)C(=O)C1CCC(=O)NC1. The first-order valence-corrected chi connectivity index (χ1v) is 6.09. The van der Waals surface area contributed by atoms with Gasteiger partial charge >= 0.3 is 0 Å². The van der Waals surface area contributed by atoms with Crippen molar-refractivity contribution in [2.24, 2.45) is 5.92 Å². The summed E-state index contributed by atoms with van der Waals surface area (Å²) in [7, 11) is 1.86. The second-order valence-corrected chi connectivity index (χ2v) is 4.63. The van der Waals surface area contributed by atoms with Gasteiger partial charge in [-0.05, 0) is 19.8 Å². The molecular formula is C12H22N2O2. The van der Waals surface area contributed by atoms with Gasteiger partial charge in [0.25, 0.3) is 0 Å². The summed E-state index contributed by atoms with van der Waals surface area (Å²) in [6.07, 6.45) is 3.28. The zero-order valence-corrected chi connectivity index (χ0v) is 10.5. The van der Waals surface area contributed by atoms with Crippen molar-refractivity contribution >= 4 is 11.8 Å². The average Bonchev–Trinajstić information content (AvgIpc) is 2.28. The van der Waals surface area contributed by atoms with Crippen LogP contribution in [0.25, 0.3) is 0 Å². The molecule has 1 aliphatic heterocycles. The van der Waals surface area contributed by atoms with Gasteiger partial charge in [0, 0.05) is 26.1 Å². The Morgan fingerprint density at radius 1 is 1.62 bits per heavy atom. The lowest BCUT2D eigenvalue weighted by Crippen LogP contribution is -2.46. The average molecular weight is 226 g/mol. The highest BCUT2D eigenvalue weighted by atomic mass is 16.2. The molecule has 2 atom stereocenters. The van der Waals surface area contributed by atoms with E-state index >= 15 is 0 Å². The van der Waals surface area contributed by atoms with Crippen LogP contribution < -0.4 is 5.32 Å². The lowest BCUT2D eigenvalue weighted by atomic mass is 9.97. The summed E-state index contributed by atoms with van der Waals surface area (Å²) in [4.78, 5) is 24.9. The molecule has 92 valence electrons. The maximum Gasteiger partial charge on any atom is 0.227 e. The molecule has 0 saturated carbocycles. The van der Waals surface area contributed by atoms with Gasteiger partial charge in [0.05, 0.1) is 5.92 Å². The smallest absolute Gasteiger partial charge is 0.227 e. The number of nitrogens with one attached hydrogen (secondary N) is 1. The summed E-state index contributed by atoms with van der Waals surface area (Å²) >= 11 is 0. The molecule has 0 aliphatic carbocycles. The molecule has 0 aromatic carbocycles. The lowest BCUT2D eigenvalue weighted by Gasteiger charge is -2.30. The largest absolute Gasteiger partial charge is 0.355 e. The fourth-order valence-corrected chi connectivity index (χ4v) is 2.06. The van der Waals surface area contributed by atoms with Crippen LogP contribution >= 0.6 is 0 Å². The van der Waals surface area contributed by atoms with Crippen molar-refractivity contribution in [2.45, 2.75) is 45.6 Å². The van der Waals surface area contributed by atoms with E-state index in [0.29, 0.717) is 19.4 Å². The van der Waals surface area contributed by atoms with Crippen LogP contribution in [-0.4, -0.2) is 36.3 Å². The molecule has 0 aromatic rings. The third-order valence-corrected chi connectivity index (χ3v) is 3.33.